The Bertz CT molecular complexity index is 147. The Hall–Kier alpha value is -1.15. The molecule has 0 amide bonds. The maximum atomic E-state index is 9.68. The molecule has 1 N–H and O–H groups in total. The zero-order chi connectivity index (χ0) is 6.41. The summed E-state index contributed by atoms with van der Waals surface area (Å²) in [5.41, 5.74) is 0. The van der Waals surface area contributed by atoms with Crippen LogP contribution in [0.15, 0.2) is 12.3 Å². The van der Waals surface area contributed by atoms with Crippen LogP contribution in [0.2, 0.25) is 0 Å². The van der Waals surface area contributed by atoms with E-state index in [2.05, 4.69) is 4.43 Å². The molecule has 42 valence electrons. The minimum absolute atomic E-state index is 0.876. The third kappa shape index (κ3) is 4.85. The molecule has 0 aromatic heterocycles. The highest BCUT2D eigenvalue weighted by atomic mass is 28.3. The molecular formula is C3H3NO3Si. The summed E-state index contributed by atoms with van der Waals surface area (Å²) in [6.45, 7) is 0. The molecule has 0 aromatic carbocycles. The first-order valence-corrected chi connectivity index (χ1v) is 2.98. The van der Waals surface area contributed by atoms with Gasteiger partial charge in [0.15, 0.2) is 0 Å². The van der Waals surface area contributed by atoms with Crippen molar-refractivity contribution in [3.8, 4) is 6.07 Å². The van der Waals surface area contributed by atoms with Gasteiger partial charge in [0.25, 0.3) is 0 Å². The molecule has 0 aliphatic rings. The molecule has 0 saturated carbocycles. The van der Waals surface area contributed by atoms with Gasteiger partial charge < -0.3 is 9.22 Å². The van der Waals surface area contributed by atoms with Crippen LogP contribution >= 0.6 is 0 Å². The van der Waals surface area contributed by atoms with Crippen molar-refractivity contribution < 1.29 is 13.7 Å². The fraction of sp³-hybridized carbons (Fsp3) is 0. The van der Waals surface area contributed by atoms with Gasteiger partial charge in [0.2, 0.25) is 0 Å². The second kappa shape index (κ2) is 4.02. The average molecular weight is 129 g/mol. The first-order chi connectivity index (χ1) is 3.77. The van der Waals surface area contributed by atoms with E-state index in [4.69, 9.17) is 10.1 Å². The predicted molar refractivity (Wildman–Crippen MR) is 24.5 cm³/mol. The summed E-state index contributed by atoms with van der Waals surface area (Å²) in [7, 11) is -2.90. The monoisotopic (exact) mass is 129 g/mol. The molecule has 0 rings (SSSR count). The van der Waals surface area contributed by atoms with Gasteiger partial charge in [0.05, 0.1) is 12.3 Å². The van der Waals surface area contributed by atoms with Crippen molar-refractivity contribution in [2.24, 2.45) is 0 Å². The predicted octanol–water partition coefficient (Wildman–Crippen LogP) is -0.552. The maximum Gasteiger partial charge on any atom is 0.769 e. The second-order valence-electron chi connectivity index (χ2n) is 0.816. The lowest BCUT2D eigenvalue weighted by Crippen LogP contribution is -1.98. The van der Waals surface area contributed by atoms with Gasteiger partial charge >= 0.3 is 9.17 Å². The Balaban J connectivity index is 3.34. The van der Waals surface area contributed by atoms with Crippen LogP contribution in [0.5, 0.6) is 0 Å². The zero-order valence-corrected chi connectivity index (χ0v) is 4.87. The van der Waals surface area contributed by atoms with Gasteiger partial charge in [-0.15, -0.1) is 0 Å². The minimum Gasteiger partial charge on any atom is -0.511 e. The van der Waals surface area contributed by atoms with Crippen LogP contribution in [0, 0.1) is 11.3 Å². The number of hydrogen-bond donors (Lipinski definition) is 1. The lowest BCUT2D eigenvalue weighted by atomic mass is 10.7. The zero-order valence-electron chi connectivity index (χ0n) is 3.87. The Kier molecular flexibility index (Phi) is 3.44. The molecular weight excluding hydrogens is 126 g/mol. The van der Waals surface area contributed by atoms with Gasteiger partial charge in [-0.1, -0.05) is 0 Å². The van der Waals surface area contributed by atoms with Crippen LogP contribution in [0.1, 0.15) is 0 Å². The van der Waals surface area contributed by atoms with Crippen molar-refractivity contribution >= 4 is 9.17 Å². The van der Waals surface area contributed by atoms with Crippen LogP contribution < -0.4 is 0 Å². The van der Waals surface area contributed by atoms with Crippen LogP contribution in [0.25, 0.3) is 0 Å². The molecule has 0 saturated heterocycles. The molecule has 0 spiro atoms. The fourth-order valence-electron chi connectivity index (χ4n) is 0.123. The molecule has 0 aliphatic carbocycles. The third-order valence-corrected chi connectivity index (χ3v) is 0.649. The van der Waals surface area contributed by atoms with Gasteiger partial charge in [-0.05, 0) is 0 Å². The number of allylic oxidation sites excluding steroid dienone is 1. The second-order valence-corrected chi connectivity index (χ2v) is 1.58. The van der Waals surface area contributed by atoms with Crippen molar-refractivity contribution in [2.45, 2.75) is 0 Å². The summed E-state index contributed by atoms with van der Waals surface area (Å²) in [4.78, 5) is 7.94. The Morgan fingerprint density at radius 3 is 2.88 bits per heavy atom. The van der Waals surface area contributed by atoms with E-state index in [1.54, 1.807) is 6.07 Å². The number of nitrogens with zero attached hydrogens (tertiary/aromatic N) is 1. The molecule has 4 nitrogen and oxygen atoms in total. The van der Waals surface area contributed by atoms with Crippen molar-refractivity contribution in [3.63, 3.8) is 0 Å². The summed E-state index contributed by atoms with van der Waals surface area (Å²) in [5.74, 6) is 0. The Morgan fingerprint density at radius 2 is 2.50 bits per heavy atom. The van der Waals surface area contributed by atoms with E-state index in [0.717, 1.165) is 12.3 Å². The molecule has 0 atom stereocenters. The highest BCUT2D eigenvalue weighted by Crippen LogP contribution is 1.71. The van der Waals surface area contributed by atoms with Gasteiger partial charge in [-0.2, -0.15) is 5.26 Å². The summed E-state index contributed by atoms with van der Waals surface area (Å²) in [6, 6.07) is 1.58. The quantitative estimate of drug-likeness (QED) is 0.308. The van der Waals surface area contributed by atoms with Crippen LogP contribution in [0.4, 0.5) is 0 Å². The van der Waals surface area contributed by atoms with Crippen LogP contribution in [0.3, 0.4) is 0 Å². The maximum absolute atomic E-state index is 9.68. The lowest BCUT2D eigenvalue weighted by molar-refractivity contribution is 0.306. The standard InChI is InChI=1S/C3H3NO3Si/c4-2-1-3-7-8(5)6/h1,3,5H. The number of rotatable bonds is 2. The van der Waals surface area contributed by atoms with E-state index in [1.807, 2.05) is 0 Å². The molecule has 0 unspecified atom stereocenters. The molecule has 0 bridgehead atoms. The van der Waals surface area contributed by atoms with E-state index >= 15 is 0 Å². The molecule has 0 heterocycles. The number of hydrogen-bond acceptors (Lipinski definition) is 3. The highest BCUT2D eigenvalue weighted by Gasteiger charge is 1.97. The fourth-order valence-corrected chi connectivity index (χ4v) is 0.307. The van der Waals surface area contributed by atoms with E-state index in [1.165, 1.54) is 0 Å². The van der Waals surface area contributed by atoms with Crippen LogP contribution in [-0.4, -0.2) is 14.0 Å². The Labute approximate surface area is 47.5 Å². The highest BCUT2D eigenvalue weighted by molar-refractivity contribution is 6.24. The van der Waals surface area contributed by atoms with Gasteiger partial charge in [-0.3, -0.25) is 4.46 Å². The normalized spacial score (nSPS) is 8.38. The molecule has 8 heavy (non-hydrogen) atoms. The van der Waals surface area contributed by atoms with Gasteiger partial charge in [0.1, 0.15) is 0 Å². The summed E-state index contributed by atoms with van der Waals surface area (Å²) in [5, 5.41) is 7.79. The smallest absolute Gasteiger partial charge is 0.511 e. The first-order valence-electron chi connectivity index (χ1n) is 1.71. The third-order valence-electron chi connectivity index (χ3n) is 0.311. The molecule has 5 heteroatoms. The molecule has 0 radical (unpaired) electrons. The largest absolute Gasteiger partial charge is 0.769 e. The number of nitriles is 1. The minimum atomic E-state index is -2.90. The van der Waals surface area contributed by atoms with Crippen molar-refractivity contribution in [2.75, 3.05) is 0 Å². The SMILES string of the molecule is N#CC=CO[Si](=O)O. The van der Waals surface area contributed by atoms with E-state index in [9.17, 15) is 4.46 Å². The van der Waals surface area contributed by atoms with Crippen molar-refractivity contribution in [3.05, 3.63) is 12.3 Å². The summed E-state index contributed by atoms with van der Waals surface area (Å²) >= 11 is 0. The van der Waals surface area contributed by atoms with Gasteiger partial charge in [0, 0.05) is 6.08 Å². The van der Waals surface area contributed by atoms with E-state index in [-0.39, 0.29) is 0 Å². The summed E-state index contributed by atoms with van der Waals surface area (Å²) in [6.07, 6.45) is 1.85. The summed E-state index contributed by atoms with van der Waals surface area (Å²) < 4.78 is 13.7. The lowest BCUT2D eigenvalue weighted by Gasteiger charge is -1.81. The van der Waals surface area contributed by atoms with Crippen molar-refractivity contribution in [1.29, 1.82) is 5.26 Å². The molecule has 0 aliphatic heterocycles. The topological polar surface area (TPSA) is 70.3 Å². The molecule has 0 fully saturated rings. The molecule has 0 aromatic rings. The Morgan fingerprint density at radius 1 is 1.88 bits per heavy atom. The van der Waals surface area contributed by atoms with Crippen LogP contribution in [-0.2, 0) is 8.89 Å². The first kappa shape index (κ1) is 6.85. The van der Waals surface area contributed by atoms with E-state index in [0.29, 0.717) is 0 Å². The van der Waals surface area contributed by atoms with Crippen molar-refractivity contribution in [1.82, 2.24) is 0 Å². The van der Waals surface area contributed by atoms with Gasteiger partial charge in [-0.25, -0.2) is 0 Å². The van der Waals surface area contributed by atoms with E-state index < -0.39 is 9.17 Å². The average Bonchev–Trinajstić information content (AvgIpc) is 1.66.